The molecule has 0 saturated heterocycles. The number of ether oxygens (including phenoxy) is 1. The van der Waals surface area contributed by atoms with Gasteiger partial charge in [0.25, 0.3) is 0 Å². The molecule has 20 heavy (non-hydrogen) atoms. The van der Waals surface area contributed by atoms with Gasteiger partial charge >= 0.3 is 0 Å². The summed E-state index contributed by atoms with van der Waals surface area (Å²) in [6.07, 6.45) is -0.475. The summed E-state index contributed by atoms with van der Waals surface area (Å²) in [5.74, 6) is -0.00738. The molecule has 2 aromatic carbocycles. The van der Waals surface area contributed by atoms with Gasteiger partial charge in [-0.25, -0.2) is 0 Å². The minimum Gasteiger partial charge on any atom is -0.366 e. The summed E-state index contributed by atoms with van der Waals surface area (Å²) in [5, 5.41) is 0.670. The molecule has 2 rings (SSSR count). The first kappa shape index (κ1) is 14.8. The molecule has 0 bridgehead atoms. The van der Waals surface area contributed by atoms with Crippen molar-refractivity contribution in [1.29, 1.82) is 0 Å². The first-order valence-electron chi connectivity index (χ1n) is 6.53. The van der Waals surface area contributed by atoms with E-state index in [0.29, 0.717) is 17.2 Å². The first-order valence-corrected chi connectivity index (χ1v) is 6.91. The molecular weight excluding hydrogens is 272 g/mol. The number of hydrogen-bond donors (Lipinski definition) is 0. The maximum absolute atomic E-state index is 12.2. The van der Waals surface area contributed by atoms with Gasteiger partial charge in [0.15, 0.2) is 5.78 Å². The molecule has 2 nitrogen and oxygen atoms in total. The van der Waals surface area contributed by atoms with Crippen molar-refractivity contribution in [1.82, 2.24) is 0 Å². The van der Waals surface area contributed by atoms with E-state index in [0.717, 1.165) is 11.1 Å². The SMILES string of the molecule is Cc1ccc(C(=O)C(C)OCc2cccc(Cl)c2)cc1. The molecule has 0 N–H and O–H groups in total. The Bertz CT molecular complexity index is 590. The third-order valence-corrected chi connectivity index (χ3v) is 3.33. The summed E-state index contributed by atoms with van der Waals surface area (Å²) >= 11 is 5.91. The molecule has 0 aliphatic heterocycles. The van der Waals surface area contributed by atoms with Gasteiger partial charge in [0.2, 0.25) is 0 Å². The zero-order valence-corrected chi connectivity index (χ0v) is 12.4. The van der Waals surface area contributed by atoms with Gasteiger partial charge in [-0.05, 0) is 31.5 Å². The Balaban J connectivity index is 1.96. The number of carbonyl (C=O) groups is 1. The highest BCUT2D eigenvalue weighted by molar-refractivity contribution is 6.30. The number of ketones is 1. The highest BCUT2D eigenvalue weighted by Gasteiger charge is 2.15. The summed E-state index contributed by atoms with van der Waals surface area (Å²) in [6, 6.07) is 15.0. The molecule has 0 heterocycles. The van der Waals surface area contributed by atoms with E-state index in [4.69, 9.17) is 16.3 Å². The Kier molecular flexibility index (Phi) is 4.94. The van der Waals surface area contributed by atoms with E-state index in [1.165, 1.54) is 0 Å². The third-order valence-electron chi connectivity index (χ3n) is 3.09. The Morgan fingerprint density at radius 2 is 1.90 bits per heavy atom. The number of hydrogen-bond acceptors (Lipinski definition) is 2. The van der Waals surface area contributed by atoms with Crippen LogP contribution >= 0.6 is 11.6 Å². The van der Waals surface area contributed by atoms with Gasteiger partial charge in [0.05, 0.1) is 6.61 Å². The van der Waals surface area contributed by atoms with Crippen molar-refractivity contribution in [3.63, 3.8) is 0 Å². The van der Waals surface area contributed by atoms with Gasteiger partial charge in [-0.1, -0.05) is 53.6 Å². The fourth-order valence-electron chi connectivity index (χ4n) is 1.88. The predicted octanol–water partition coefficient (Wildman–Crippen LogP) is 4.44. The summed E-state index contributed by atoms with van der Waals surface area (Å²) in [5.41, 5.74) is 2.77. The third kappa shape index (κ3) is 3.92. The van der Waals surface area contributed by atoms with Crippen LogP contribution in [0.15, 0.2) is 48.5 Å². The van der Waals surface area contributed by atoms with Crippen molar-refractivity contribution in [2.24, 2.45) is 0 Å². The second-order valence-corrected chi connectivity index (χ2v) is 5.25. The topological polar surface area (TPSA) is 26.3 Å². The standard InChI is InChI=1S/C17H17ClO2/c1-12-6-8-15(9-7-12)17(19)13(2)20-11-14-4-3-5-16(18)10-14/h3-10,13H,11H2,1-2H3. The van der Waals surface area contributed by atoms with E-state index in [1.54, 1.807) is 6.92 Å². The van der Waals surface area contributed by atoms with Gasteiger partial charge in [0, 0.05) is 10.6 Å². The van der Waals surface area contributed by atoms with Crippen LogP contribution in [-0.2, 0) is 11.3 Å². The zero-order chi connectivity index (χ0) is 14.5. The number of halogens is 1. The van der Waals surface area contributed by atoms with Gasteiger partial charge in [-0.2, -0.15) is 0 Å². The van der Waals surface area contributed by atoms with Crippen LogP contribution in [0.5, 0.6) is 0 Å². The molecule has 0 aliphatic rings. The lowest BCUT2D eigenvalue weighted by molar-refractivity contribution is 0.0412. The van der Waals surface area contributed by atoms with Crippen molar-refractivity contribution in [3.05, 3.63) is 70.2 Å². The summed E-state index contributed by atoms with van der Waals surface area (Å²) < 4.78 is 5.62. The van der Waals surface area contributed by atoms with Crippen molar-refractivity contribution in [2.45, 2.75) is 26.6 Å². The molecule has 0 aromatic heterocycles. The van der Waals surface area contributed by atoms with Crippen LogP contribution in [0, 0.1) is 6.92 Å². The average Bonchev–Trinajstić information content (AvgIpc) is 2.45. The van der Waals surface area contributed by atoms with Crippen LogP contribution in [-0.4, -0.2) is 11.9 Å². The van der Waals surface area contributed by atoms with E-state index in [-0.39, 0.29) is 5.78 Å². The van der Waals surface area contributed by atoms with Crippen LogP contribution in [0.2, 0.25) is 5.02 Å². The summed E-state index contributed by atoms with van der Waals surface area (Å²) in [6.45, 7) is 4.14. The highest BCUT2D eigenvalue weighted by Crippen LogP contribution is 2.14. The number of rotatable bonds is 5. The molecule has 1 atom stereocenters. The molecule has 104 valence electrons. The van der Waals surface area contributed by atoms with Crippen molar-refractivity contribution < 1.29 is 9.53 Å². The Labute approximate surface area is 124 Å². The van der Waals surface area contributed by atoms with Crippen LogP contribution in [0.25, 0.3) is 0 Å². The van der Waals surface area contributed by atoms with E-state index in [9.17, 15) is 4.79 Å². The number of Topliss-reactive ketones (excluding diaryl/α,β-unsaturated/α-hetero) is 1. The van der Waals surface area contributed by atoms with Crippen LogP contribution in [0.4, 0.5) is 0 Å². The average molecular weight is 289 g/mol. The molecule has 0 saturated carbocycles. The maximum Gasteiger partial charge on any atom is 0.191 e. The second-order valence-electron chi connectivity index (χ2n) is 4.81. The monoisotopic (exact) mass is 288 g/mol. The van der Waals surface area contributed by atoms with E-state index < -0.39 is 6.10 Å². The minimum atomic E-state index is -0.475. The minimum absolute atomic E-state index is 0.00738. The lowest BCUT2D eigenvalue weighted by Gasteiger charge is -2.12. The maximum atomic E-state index is 12.2. The molecule has 3 heteroatoms. The summed E-state index contributed by atoms with van der Waals surface area (Å²) in [4.78, 5) is 12.2. The Hall–Kier alpha value is -1.64. The molecular formula is C17H17ClO2. The van der Waals surface area contributed by atoms with E-state index in [2.05, 4.69) is 0 Å². The smallest absolute Gasteiger partial charge is 0.191 e. The number of carbonyl (C=O) groups excluding carboxylic acids is 1. The molecule has 0 aliphatic carbocycles. The summed E-state index contributed by atoms with van der Waals surface area (Å²) in [7, 11) is 0. The quantitative estimate of drug-likeness (QED) is 0.761. The second kappa shape index (κ2) is 6.69. The number of aryl methyl sites for hydroxylation is 1. The van der Waals surface area contributed by atoms with Gasteiger partial charge < -0.3 is 4.74 Å². The van der Waals surface area contributed by atoms with Crippen molar-refractivity contribution >= 4 is 17.4 Å². The Morgan fingerprint density at radius 1 is 1.20 bits per heavy atom. The lowest BCUT2D eigenvalue weighted by atomic mass is 10.1. The normalized spacial score (nSPS) is 12.2. The van der Waals surface area contributed by atoms with E-state index in [1.807, 2.05) is 55.5 Å². The number of benzene rings is 2. The molecule has 1 unspecified atom stereocenters. The fraction of sp³-hybridized carbons (Fsp3) is 0.235. The predicted molar refractivity (Wildman–Crippen MR) is 81.2 cm³/mol. The zero-order valence-electron chi connectivity index (χ0n) is 11.6. The van der Waals surface area contributed by atoms with Crippen molar-refractivity contribution in [3.8, 4) is 0 Å². The van der Waals surface area contributed by atoms with Crippen LogP contribution < -0.4 is 0 Å². The van der Waals surface area contributed by atoms with Gasteiger partial charge in [-0.15, -0.1) is 0 Å². The largest absolute Gasteiger partial charge is 0.366 e. The molecule has 0 amide bonds. The molecule has 2 aromatic rings. The van der Waals surface area contributed by atoms with Crippen LogP contribution in [0.3, 0.4) is 0 Å². The fourth-order valence-corrected chi connectivity index (χ4v) is 2.09. The molecule has 0 spiro atoms. The van der Waals surface area contributed by atoms with Crippen molar-refractivity contribution in [2.75, 3.05) is 0 Å². The lowest BCUT2D eigenvalue weighted by Crippen LogP contribution is -2.20. The molecule has 0 radical (unpaired) electrons. The van der Waals surface area contributed by atoms with Gasteiger partial charge in [-0.3, -0.25) is 4.79 Å². The highest BCUT2D eigenvalue weighted by atomic mass is 35.5. The van der Waals surface area contributed by atoms with Crippen LogP contribution in [0.1, 0.15) is 28.4 Å². The van der Waals surface area contributed by atoms with Gasteiger partial charge in [0.1, 0.15) is 6.10 Å². The van der Waals surface area contributed by atoms with E-state index >= 15 is 0 Å². The molecule has 0 fully saturated rings. The Morgan fingerprint density at radius 3 is 2.55 bits per heavy atom. The first-order chi connectivity index (χ1) is 9.56.